The lowest BCUT2D eigenvalue weighted by atomic mass is 10.1. The van der Waals surface area contributed by atoms with E-state index in [2.05, 4.69) is 31.0 Å². The maximum Gasteiger partial charge on any atom is 0.252 e. The molecule has 2 N–H and O–H groups in total. The van der Waals surface area contributed by atoms with E-state index in [4.69, 9.17) is 5.11 Å². The van der Waals surface area contributed by atoms with Gasteiger partial charge in [0.25, 0.3) is 5.91 Å². The number of halogens is 1. The lowest BCUT2D eigenvalue weighted by molar-refractivity contribution is 0.0952. The topological polar surface area (TPSA) is 49.3 Å². The highest BCUT2D eigenvalue weighted by Gasteiger charge is 2.11. The van der Waals surface area contributed by atoms with Crippen LogP contribution in [0.2, 0.25) is 0 Å². The van der Waals surface area contributed by atoms with Gasteiger partial charge in [0.2, 0.25) is 0 Å². The summed E-state index contributed by atoms with van der Waals surface area (Å²) < 4.78 is 13.3. The molecule has 1 rings (SSSR count). The Kier molecular flexibility index (Phi) is 7.49. The summed E-state index contributed by atoms with van der Waals surface area (Å²) in [6, 6.07) is 3.96. The highest BCUT2D eigenvalue weighted by atomic mass is 19.1. The largest absolute Gasteiger partial charge is 0.395 e. The summed E-state index contributed by atoms with van der Waals surface area (Å²) in [5, 5.41) is 11.5. The van der Waals surface area contributed by atoms with E-state index in [9.17, 15) is 9.18 Å². The second kappa shape index (κ2) is 9.15. The summed E-state index contributed by atoms with van der Waals surface area (Å²) in [5.74, 6) is 5.36. The lowest BCUT2D eigenvalue weighted by Gasteiger charge is -2.08. The molecule has 0 saturated carbocycles. The molecule has 0 heterocycles. The quantitative estimate of drug-likeness (QED) is 0.625. The molecule has 0 fully saturated rings. The van der Waals surface area contributed by atoms with Gasteiger partial charge in [-0.2, -0.15) is 0 Å². The Morgan fingerprint density at radius 2 is 2.19 bits per heavy atom. The molecule has 1 amide bonds. The second-order valence-electron chi connectivity index (χ2n) is 5.26. The van der Waals surface area contributed by atoms with Crippen LogP contribution in [0.15, 0.2) is 18.2 Å². The Balaban J connectivity index is 2.73. The summed E-state index contributed by atoms with van der Waals surface area (Å²) in [4.78, 5) is 12.1. The van der Waals surface area contributed by atoms with E-state index in [0.29, 0.717) is 24.4 Å². The number of rotatable bonds is 6. The van der Waals surface area contributed by atoms with Crippen molar-refractivity contribution in [2.75, 3.05) is 13.2 Å². The first-order valence-corrected chi connectivity index (χ1v) is 7.22. The number of aliphatic hydroxyl groups is 1. The van der Waals surface area contributed by atoms with E-state index in [0.717, 1.165) is 12.8 Å². The van der Waals surface area contributed by atoms with Crippen LogP contribution in [0.3, 0.4) is 0 Å². The fraction of sp³-hybridized carbons (Fsp3) is 0.471. The van der Waals surface area contributed by atoms with Crippen molar-refractivity contribution in [2.24, 2.45) is 5.92 Å². The van der Waals surface area contributed by atoms with E-state index >= 15 is 0 Å². The molecule has 0 aliphatic carbocycles. The fourth-order valence-electron chi connectivity index (χ4n) is 1.83. The van der Waals surface area contributed by atoms with Crippen molar-refractivity contribution in [1.82, 2.24) is 5.32 Å². The van der Waals surface area contributed by atoms with Gasteiger partial charge in [0.15, 0.2) is 0 Å². The summed E-state index contributed by atoms with van der Waals surface area (Å²) in [7, 11) is 0. The van der Waals surface area contributed by atoms with Crippen LogP contribution >= 0.6 is 0 Å². The molecule has 0 radical (unpaired) electrons. The highest BCUT2D eigenvalue weighted by Crippen LogP contribution is 2.11. The summed E-state index contributed by atoms with van der Waals surface area (Å²) in [6.07, 6.45) is 2.25. The maximum atomic E-state index is 13.3. The molecule has 0 saturated heterocycles. The van der Waals surface area contributed by atoms with E-state index in [1.165, 1.54) is 18.2 Å². The summed E-state index contributed by atoms with van der Waals surface area (Å²) in [6.45, 7) is 4.79. The zero-order valence-electron chi connectivity index (χ0n) is 12.6. The molecule has 0 aliphatic rings. The minimum Gasteiger partial charge on any atom is -0.395 e. The smallest absolute Gasteiger partial charge is 0.252 e. The van der Waals surface area contributed by atoms with Crippen LogP contribution in [0.1, 0.15) is 49.0 Å². The number of hydrogen-bond acceptors (Lipinski definition) is 2. The van der Waals surface area contributed by atoms with Gasteiger partial charge in [-0.3, -0.25) is 4.79 Å². The second-order valence-corrected chi connectivity index (χ2v) is 5.26. The molecule has 0 spiro atoms. The molecule has 3 nitrogen and oxygen atoms in total. The Hall–Kier alpha value is -1.86. The van der Waals surface area contributed by atoms with Crippen LogP contribution in [0.4, 0.5) is 4.39 Å². The maximum absolute atomic E-state index is 13.3. The molecule has 21 heavy (non-hydrogen) atoms. The van der Waals surface area contributed by atoms with Gasteiger partial charge in [0.1, 0.15) is 5.82 Å². The number of carbonyl (C=O) groups excluding carboxylic acids is 1. The number of nitrogens with one attached hydrogen (secondary N) is 1. The third-order valence-corrected chi connectivity index (χ3v) is 2.93. The van der Waals surface area contributed by atoms with Crippen molar-refractivity contribution in [3.8, 4) is 11.8 Å². The molecule has 0 aliphatic heterocycles. The average molecular weight is 291 g/mol. The van der Waals surface area contributed by atoms with E-state index in [-0.39, 0.29) is 18.1 Å². The Morgan fingerprint density at radius 1 is 1.43 bits per heavy atom. The molecular formula is C17H22FNO2. The van der Waals surface area contributed by atoms with Crippen molar-refractivity contribution in [2.45, 2.75) is 33.1 Å². The van der Waals surface area contributed by atoms with E-state index in [1.807, 2.05) is 0 Å². The SMILES string of the molecule is CC(C)CCCNC(=O)c1cc(F)ccc1C#CCCO. The molecule has 114 valence electrons. The van der Waals surface area contributed by atoms with Gasteiger partial charge in [-0.1, -0.05) is 25.7 Å². The first-order valence-electron chi connectivity index (χ1n) is 7.22. The fourth-order valence-corrected chi connectivity index (χ4v) is 1.83. The van der Waals surface area contributed by atoms with Crippen molar-refractivity contribution in [3.05, 3.63) is 35.1 Å². The summed E-state index contributed by atoms with van der Waals surface area (Å²) >= 11 is 0. The number of carbonyl (C=O) groups is 1. The van der Waals surface area contributed by atoms with Crippen LogP contribution in [0.25, 0.3) is 0 Å². The number of hydrogen-bond donors (Lipinski definition) is 2. The van der Waals surface area contributed by atoms with E-state index < -0.39 is 5.82 Å². The van der Waals surface area contributed by atoms with Crippen molar-refractivity contribution < 1.29 is 14.3 Å². The molecule has 0 bridgehead atoms. The standard InChI is InChI=1S/C17H22FNO2/c1-13(2)6-5-10-19-17(21)16-12-15(18)9-8-14(16)7-3-4-11-20/h8-9,12-13,20H,4-6,10-11H2,1-2H3,(H,19,21). The van der Waals surface area contributed by atoms with Gasteiger partial charge in [-0.25, -0.2) is 4.39 Å². The average Bonchev–Trinajstić information content (AvgIpc) is 2.45. The van der Waals surface area contributed by atoms with Gasteiger partial charge < -0.3 is 10.4 Å². The summed E-state index contributed by atoms with van der Waals surface area (Å²) in [5.41, 5.74) is 0.719. The van der Waals surface area contributed by atoms with Gasteiger partial charge in [0, 0.05) is 18.5 Å². The molecule has 1 aromatic carbocycles. The van der Waals surface area contributed by atoms with Crippen molar-refractivity contribution in [1.29, 1.82) is 0 Å². The third kappa shape index (κ3) is 6.42. The van der Waals surface area contributed by atoms with Crippen LogP contribution in [0, 0.1) is 23.6 Å². The molecule has 0 aromatic heterocycles. The zero-order valence-corrected chi connectivity index (χ0v) is 12.6. The van der Waals surface area contributed by atoms with Gasteiger partial charge in [-0.15, -0.1) is 0 Å². The normalized spacial score (nSPS) is 10.1. The molecule has 0 atom stereocenters. The minimum atomic E-state index is -0.463. The van der Waals surface area contributed by atoms with Crippen molar-refractivity contribution in [3.63, 3.8) is 0 Å². The highest BCUT2D eigenvalue weighted by molar-refractivity contribution is 5.96. The molecule has 4 heteroatoms. The van der Waals surface area contributed by atoms with Crippen LogP contribution < -0.4 is 5.32 Å². The molecular weight excluding hydrogens is 269 g/mol. The lowest BCUT2D eigenvalue weighted by Crippen LogP contribution is -2.25. The number of aliphatic hydroxyl groups excluding tert-OH is 1. The van der Waals surface area contributed by atoms with Crippen LogP contribution in [0.5, 0.6) is 0 Å². The predicted octanol–water partition coefficient (Wildman–Crippen LogP) is 2.73. The zero-order chi connectivity index (χ0) is 15.7. The van der Waals surface area contributed by atoms with Crippen molar-refractivity contribution >= 4 is 5.91 Å². The Morgan fingerprint density at radius 3 is 2.86 bits per heavy atom. The third-order valence-electron chi connectivity index (χ3n) is 2.93. The predicted molar refractivity (Wildman–Crippen MR) is 81.4 cm³/mol. The first kappa shape index (κ1) is 17.2. The van der Waals surface area contributed by atoms with Gasteiger partial charge in [0.05, 0.1) is 12.2 Å². The van der Waals surface area contributed by atoms with Crippen LogP contribution in [-0.2, 0) is 0 Å². The Labute approximate surface area is 125 Å². The Bertz CT molecular complexity index is 529. The van der Waals surface area contributed by atoms with Gasteiger partial charge in [-0.05, 0) is 37.0 Å². The monoisotopic (exact) mass is 291 g/mol. The first-order chi connectivity index (χ1) is 10.0. The number of benzene rings is 1. The minimum absolute atomic E-state index is 0.0368. The van der Waals surface area contributed by atoms with Crippen LogP contribution in [-0.4, -0.2) is 24.2 Å². The number of amides is 1. The molecule has 0 unspecified atom stereocenters. The van der Waals surface area contributed by atoms with Gasteiger partial charge >= 0.3 is 0 Å². The molecule has 1 aromatic rings. The van der Waals surface area contributed by atoms with E-state index in [1.54, 1.807) is 0 Å².